The monoisotopic (exact) mass is 328 g/mol. The fourth-order valence-corrected chi connectivity index (χ4v) is 1.94. The molecule has 0 aliphatic carbocycles. The fraction of sp³-hybridized carbons (Fsp3) is 0.500. The van der Waals surface area contributed by atoms with Crippen LogP contribution in [0.25, 0.3) is 0 Å². The quantitative estimate of drug-likeness (QED) is 0.756. The van der Waals surface area contributed by atoms with E-state index in [0.29, 0.717) is 0 Å². The minimum atomic E-state index is -0.291. The predicted octanol–water partition coefficient (Wildman–Crippen LogP) is 3.17. The largest absolute Gasteiger partial charge is 0.497 e. The Morgan fingerprint density at radius 2 is 2.21 bits per heavy atom. The van der Waals surface area contributed by atoms with Gasteiger partial charge in [0.25, 0.3) is 0 Å². The summed E-state index contributed by atoms with van der Waals surface area (Å²) in [6, 6.07) is 5.32. The Kier molecular flexibility index (Phi) is 6.70. The number of methoxy groups -OCH3 is 1. The van der Waals surface area contributed by atoms with Crippen molar-refractivity contribution < 1.29 is 9.53 Å². The molecule has 0 aliphatic rings. The molecule has 0 bridgehead atoms. The number of carbonyl (C=O) groups excluding carboxylic acids is 1. The maximum Gasteiger partial charge on any atom is 0.242 e. The van der Waals surface area contributed by atoms with Crippen LogP contribution < -0.4 is 15.4 Å². The van der Waals surface area contributed by atoms with Crippen molar-refractivity contribution in [1.29, 1.82) is 0 Å². The van der Waals surface area contributed by atoms with Gasteiger partial charge in [-0.3, -0.25) is 4.79 Å². The normalized spacial score (nSPS) is 11.8. The first-order valence-corrected chi connectivity index (χ1v) is 7.25. The molecule has 4 nitrogen and oxygen atoms in total. The number of unbranched alkanes of at least 4 members (excludes halogenated alkanes) is 1. The molecule has 0 spiro atoms. The van der Waals surface area contributed by atoms with Crippen LogP contribution >= 0.6 is 15.9 Å². The molecule has 1 aromatic carbocycles. The van der Waals surface area contributed by atoms with Gasteiger partial charge in [-0.05, 0) is 41.4 Å². The molecule has 2 N–H and O–H groups in total. The van der Waals surface area contributed by atoms with Crippen molar-refractivity contribution in [2.45, 2.75) is 32.7 Å². The third-order valence-electron chi connectivity index (χ3n) is 2.77. The van der Waals surface area contributed by atoms with Crippen molar-refractivity contribution in [1.82, 2.24) is 5.32 Å². The number of ether oxygens (including phenoxy) is 1. The van der Waals surface area contributed by atoms with Crippen LogP contribution in [0, 0.1) is 0 Å². The number of benzene rings is 1. The van der Waals surface area contributed by atoms with Gasteiger partial charge in [-0.25, -0.2) is 0 Å². The van der Waals surface area contributed by atoms with Gasteiger partial charge in [0.2, 0.25) is 5.91 Å². The van der Waals surface area contributed by atoms with E-state index in [4.69, 9.17) is 4.74 Å². The van der Waals surface area contributed by atoms with Gasteiger partial charge in [0, 0.05) is 17.1 Å². The SMILES string of the molecule is CCCCNC(=O)C(C)Nc1cc(OC)ccc1Br. The number of nitrogens with one attached hydrogen (secondary N) is 2. The van der Waals surface area contributed by atoms with Crippen LogP contribution in [-0.2, 0) is 4.79 Å². The zero-order chi connectivity index (χ0) is 14.3. The van der Waals surface area contributed by atoms with Crippen LogP contribution in [0.1, 0.15) is 26.7 Å². The van der Waals surface area contributed by atoms with Gasteiger partial charge in [0.1, 0.15) is 11.8 Å². The molecule has 0 fully saturated rings. The number of carbonyl (C=O) groups is 1. The molecule has 1 rings (SSSR count). The summed E-state index contributed by atoms with van der Waals surface area (Å²) in [6.45, 7) is 4.66. The Morgan fingerprint density at radius 1 is 1.47 bits per heavy atom. The van der Waals surface area contributed by atoms with E-state index >= 15 is 0 Å². The average molecular weight is 329 g/mol. The molecule has 0 aromatic heterocycles. The van der Waals surface area contributed by atoms with Gasteiger partial charge < -0.3 is 15.4 Å². The van der Waals surface area contributed by atoms with Crippen molar-refractivity contribution in [3.05, 3.63) is 22.7 Å². The van der Waals surface area contributed by atoms with Crippen molar-refractivity contribution in [3.63, 3.8) is 0 Å². The third-order valence-corrected chi connectivity index (χ3v) is 3.46. The van der Waals surface area contributed by atoms with E-state index in [0.717, 1.165) is 35.3 Å². The summed E-state index contributed by atoms with van der Waals surface area (Å²) in [5, 5.41) is 6.08. The summed E-state index contributed by atoms with van der Waals surface area (Å²) in [4.78, 5) is 11.9. The summed E-state index contributed by atoms with van der Waals surface area (Å²) in [5.74, 6) is 0.757. The van der Waals surface area contributed by atoms with E-state index in [1.807, 2.05) is 25.1 Å². The van der Waals surface area contributed by atoms with E-state index in [2.05, 4.69) is 33.5 Å². The Morgan fingerprint density at radius 3 is 2.84 bits per heavy atom. The summed E-state index contributed by atoms with van der Waals surface area (Å²) < 4.78 is 6.07. The van der Waals surface area contributed by atoms with E-state index in [1.54, 1.807) is 7.11 Å². The average Bonchev–Trinajstić information content (AvgIpc) is 2.41. The molecular formula is C14H21BrN2O2. The zero-order valence-corrected chi connectivity index (χ0v) is 13.2. The minimum Gasteiger partial charge on any atom is -0.497 e. The van der Waals surface area contributed by atoms with Crippen LogP contribution in [0.5, 0.6) is 5.75 Å². The van der Waals surface area contributed by atoms with Crippen LogP contribution in [0.3, 0.4) is 0 Å². The number of hydrogen-bond donors (Lipinski definition) is 2. The summed E-state index contributed by atoms with van der Waals surface area (Å²) in [6.07, 6.45) is 2.07. The zero-order valence-electron chi connectivity index (χ0n) is 11.6. The number of amides is 1. The first kappa shape index (κ1) is 15.8. The Labute approximate surface area is 123 Å². The smallest absolute Gasteiger partial charge is 0.242 e. The standard InChI is InChI=1S/C14H21BrN2O2/c1-4-5-8-16-14(18)10(2)17-13-9-11(19-3)6-7-12(13)15/h6-7,9-10,17H,4-5,8H2,1-3H3,(H,16,18). The molecular weight excluding hydrogens is 308 g/mol. The number of rotatable bonds is 7. The van der Waals surface area contributed by atoms with E-state index in [-0.39, 0.29) is 11.9 Å². The Hall–Kier alpha value is -1.23. The van der Waals surface area contributed by atoms with Gasteiger partial charge in [-0.2, -0.15) is 0 Å². The number of hydrogen-bond acceptors (Lipinski definition) is 3. The first-order valence-electron chi connectivity index (χ1n) is 6.46. The second-order valence-electron chi connectivity index (χ2n) is 4.36. The van der Waals surface area contributed by atoms with E-state index in [1.165, 1.54) is 0 Å². The molecule has 1 aromatic rings. The van der Waals surface area contributed by atoms with Crippen molar-refractivity contribution >= 4 is 27.5 Å². The highest BCUT2D eigenvalue weighted by molar-refractivity contribution is 9.10. The maximum atomic E-state index is 11.9. The highest BCUT2D eigenvalue weighted by Gasteiger charge is 2.13. The highest BCUT2D eigenvalue weighted by atomic mass is 79.9. The van der Waals surface area contributed by atoms with Gasteiger partial charge in [0.15, 0.2) is 0 Å². The summed E-state index contributed by atoms with van der Waals surface area (Å²) >= 11 is 3.45. The molecule has 5 heteroatoms. The number of anilines is 1. The Balaban J connectivity index is 2.60. The fourth-order valence-electron chi connectivity index (χ4n) is 1.58. The van der Waals surface area contributed by atoms with Crippen LogP contribution in [0.15, 0.2) is 22.7 Å². The van der Waals surface area contributed by atoms with Gasteiger partial charge in [0.05, 0.1) is 12.8 Å². The van der Waals surface area contributed by atoms with Gasteiger partial charge in [-0.1, -0.05) is 13.3 Å². The lowest BCUT2D eigenvalue weighted by atomic mass is 10.2. The topological polar surface area (TPSA) is 50.4 Å². The minimum absolute atomic E-state index is 0.00294. The second kappa shape index (κ2) is 8.04. The molecule has 0 heterocycles. The Bertz CT molecular complexity index is 424. The van der Waals surface area contributed by atoms with E-state index < -0.39 is 0 Å². The second-order valence-corrected chi connectivity index (χ2v) is 5.21. The lowest BCUT2D eigenvalue weighted by molar-refractivity contribution is -0.121. The summed E-state index contributed by atoms with van der Waals surface area (Å²) in [7, 11) is 1.62. The molecule has 0 saturated heterocycles. The predicted molar refractivity (Wildman–Crippen MR) is 81.7 cm³/mol. The van der Waals surface area contributed by atoms with Crippen LogP contribution in [0.2, 0.25) is 0 Å². The van der Waals surface area contributed by atoms with Crippen molar-refractivity contribution in [2.24, 2.45) is 0 Å². The maximum absolute atomic E-state index is 11.9. The highest BCUT2D eigenvalue weighted by Crippen LogP contribution is 2.27. The molecule has 1 amide bonds. The third kappa shape index (κ3) is 5.11. The molecule has 0 radical (unpaired) electrons. The molecule has 1 atom stereocenters. The molecule has 19 heavy (non-hydrogen) atoms. The lowest BCUT2D eigenvalue weighted by Crippen LogP contribution is -2.38. The van der Waals surface area contributed by atoms with Gasteiger partial charge in [-0.15, -0.1) is 0 Å². The van der Waals surface area contributed by atoms with Crippen molar-refractivity contribution in [2.75, 3.05) is 19.0 Å². The van der Waals surface area contributed by atoms with E-state index in [9.17, 15) is 4.79 Å². The number of halogens is 1. The molecule has 106 valence electrons. The van der Waals surface area contributed by atoms with Gasteiger partial charge >= 0.3 is 0 Å². The molecule has 0 saturated carbocycles. The molecule has 1 unspecified atom stereocenters. The van der Waals surface area contributed by atoms with Crippen LogP contribution in [-0.4, -0.2) is 25.6 Å². The van der Waals surface area contributed by atoms with Crippen molar-refractivity contribution in [3.8, 4) is 5.75 Å². The molecule has 0 aliphatic heterocycles. The van der Waals surface area contributed by atoms with Crippen LogP contribution in [0.4, 0.5) is 5.69 Å². The lowest BCUT2D eigenvalue weighted by Gasteiger charge is -2.17. The summed E-state index contributed by atoms with van der Waals surface area (Å²) in [5.41, 5.74) is 0.845. The first-order chi connectivity index (χ1) is 9.08.